The Labute approximate surface area is 124 Å². The summed E-state index contributed by atoms with van der Waals surface area (Å²) in [6.45, 7) is 2.34. The number of rotatable bonds is 7. The van der Waals surface area contributed by atoms with Gasteiger partial charge in [-0.2, -0.15) is 0 Å². The van der Waals surface area contributed by atoms with Gasteiger partial charge < -0.3 is 19.1 Å². The lowest BCUT2D eigenvalue weighted by atomic mass is 10.1. The molecule has 0 heterocycles. The van der Waals surface area contributed by atoms with E-state index in [2.05, 4.69) is 0 Å². The third-order valence-electron chi connectivity index (χ3n) is 2.95. The molecule has 6 nitrogen and oxygen atoms in total. The zero-order valence-electron chi connectivity index (χ0n) is 12.8. The van der Waals surface area contributed by atoms with Crippen molar-refractivity contribution in [2.45, 2.75) is 13.3 Å². The van der Waals surface area contributed by atoms with Crippen LogP contribution in [0.25, 0.3) is 0 Å². The second kappa shape index (κ2) is 8.14. The molecule has 0 aromatic heterocycles. The predicted octanol–water partition coefficient (Wildman–Crippen LogP) is 1.73. The van der Waals surface area contributed by atoms with Gasteiger partial charge in [-0.3, -0.25) is 9.59 Å². The molecule has 0 fully saturated rings. The summed E-state index contributed by atoms with van der Waals surface area (Å²) in [5.74, 6) is 0.266. The predicted molar refractivity (Wildman–Crippen MR) is 77.8 cm³/mol. The Morgan fingerprint density at radius 2 is 1.71 bits per heavy atom. The topological polar surface area (TPSA) is 65.1 Å². The number of hydrogen-bond acceptors (Lipinski definition) is 5. The number of methoxy groups -OCH3 is 2. The molecule has 1 amide bonds. The van der Waals surface area contributed by atoms with Crippen molar-refractivity contribution in [1.82, 2.24) is 4.90 Å². The highest BCUT2D eigenvalue weighted by Crippen LogP contribution is 2.29. The molecule has 6 heteroatoms. The van der Waals surface area contributed by atoms with E-state index in [0.717, 1.165) is 0 Å². The second-order valence-corrected chi connectivity index (χ2v) is 4.32. The van der Waals surface area contributed by atoms with Crippen LogP contribution >= 0.6 is 0 Å². The number of ether oxygens (including phenoxy) is 3. The number of amides is 1. The number of esters is 1. The van der Waals surface area contributed by atoms with E-state index in [0.29, 0.717) is 23.7 Å². The highest BCUT2D eigenvalue weighted by molar-refractivity contribution is 5.99. The number of carbonyl (C=O) groups is 2. The molecule has 0 bridgehead atoms. The van der Waals surface area contributed by atoms with Crippen LogP contribution in [0.5, 0.6) is 11.5 Å². The van der Waals surface area contributed by atoms with E-state index in [9.17, 15) is 9.59 Å². The fourth-order valence-electron chi connectivity index (χ4n) is 1.85. The summed E-state index contributed by atoms with van der Waals surface area (Å²) in [6.07, 6.45) is 0.146. The molecule has 1 aromatic rings. The summed E-state index contributed by atoms with van der Waals surface area (Å²) in [5.41, 5.74) is 0.342. The van der Waals surface area contributed by atoms with Gasteiger partial charge in [0.15, 0.2) is 0 Å². The van der Waals surface area contributed by atoms with E-state index < -0.39 is 0 Å². The van der Waals surface area contributed by atoms with Crippen LogP contribution < -0.4 is 9.47 Å². The van der Waals surface area contributed by atoms with Crippen molar-refractivity contribution in [1.29, 1.82) is 0 Å². The Kier molecular flexibility index (Phi) is 6.52. The first kappa shape index (κ1) is 16.8. The van der Waals surface area contributed by atoms with Crippen LogP contribution in [0.3, 0.4) is 0 Å². The molecule has 116 valence electrons. The van der Waals surface area contributed by atoms with Crippen molar-refractivity contribution in [2.75, 3.05) is 34.4 Å². The minimum atomic E-state index is -0.329. The van der Waals surface area contributed by atoms with Gasteiger partial charge >= 0.3 is 5.97 Å². The molecule has 0 unspecified atom stereocenters. The number of nitrogens with zero attached hydrogens (tertiary/aromatic N) is 1. The zero-order valence-corrected chi connectivity index (χ0v) is 12.8. The maximum Gasteiger partial charge on any atom is 0.307 e. The number of carbonyl (C=O) groups excluding carboxylic acids is 2. The van der Waals surface area contributed by atoms with Crippen molar-refractivity contribution in [2.24, 2.45) is 0 Å². The van der Waals surface area contributed by atoms with Crippen molar-refractivity contribution >= 4 is 11.9 Å². The quantitative estimate of drug-likeness (QED) is 0.717. The lowest BCUT2D eigenvalue weighted by Crippen LogP contribution is -2.30. The maximum atomic E-state index is 12.5. The summed E-state index contributed by atoms with van der Waals surface area (Å²) < 4.78 is 15.2. The van der Waals surface area contributed by atoms with E-state index >= 15 is 0 Å². The molecule has 0 atom stereocenters. The molecular formula is C15H21NO5. The van der Waals surface area contributed by atoms with Crippen LogP contribution in [0.2, 0.25) is 0 Å². The van der Waals surface area contributed by atoms with Crippen molar-refractivity contribution in [3.05, 3.63) is 23.8 Å². The third kappa shape index (κ3) is 4.37. The molecule has 1 rings (SSSR count). The van der Waals surface area contributed by atoms with E-state index in [4.69, 9.17) is 14.2 Å². The Hall–Kier alpha value is -2.24. The van der Waals surface area contributed by atoms with Crippen LogP contribution in [0, 0.1) is 0 Å². The maximum absolute atomic E-state index is 12.5. The van der Waals surface area contributed by atoms with Gasteiger partial charge in [-0.25, -0.2) is 0 Å². The van der Waals surface area contributed by atoms with Gasteiger partial charge in [0, 0.05) is 13.6 Å². The molecule has 0 radical (unpaired) electrons. The van der Waals surface area contributed by atoms with Gasteiger partial charge in [-0.05, 0) is 19.1 Å². The van der Waals surface area contributed by atoms with Gasteiger partial charge in [0.2, 0.25) is 0 Å². The number of benzene rings is 1. The lowest BCUT2D eigenvalue weighted by molar-refractivity contribution is -0.143. The van der Waals surface area contributed by atoms with Crippen molar-refractivity contribution < 1.29 is 23.8 Å². The smallest absolute Gasteiger partial charge is 0.307 e. The first-order valence-corrected chi connectivity index (χ1v) is 6.67. The van der Waals surface area contributed by atoms with E-state index in [1.165, 1.54) is 19.1 Å². The van der Waals surface area contributed by atoms with E-state index in [1.54, 1.807) is 32.2 Å². The first-order valence-electron chi connectivity index (χ1n) is 6.67. The molecule has 21 heavy (non-hydrogen) atoms. The zero-order chi connectivity index (χ0) is 15.8. The third-order valence-corrected chi connectivity index (χ3v) is 2.95. The molecule has 0 aliphatic carbocycles. The van der Waals surface area contributed by atoms with Gasteiger partial charge in [0.25, 0.3) is 5.91 Å². The highest BCUT2D eigenvalue weighted by atomic mass is 16.5. The molecular weight excluding hydrogens is 274 g/mol. The van der Waals surface area contributed by atoms with Gasteiger partial charge in [0.05, 0.1) is 27.2 Å². The Balaban J connectivity index is 2.85. The van der Waals surface area contributed by atoms with E-state index in [-0.39, 0.29) is 24.8 Å². The normalized spacial score (nSPS) is 9.90. The average molecular weight is 295 g/mol. The Bertz CT molecular complexity index is 479. The summed E-state index contributed by atoms with van der Waals surface area (Å²) in [4.78, 5) is 25.3. The molecule has 0 saturated heterocycles. The van der Waals surface area contributed by atoms with Gasteiger partial charge in [-0.1, -0.05) is 6.07 Å². The van der Waals surface area contributed by atoms with Crippen LogP contribution in [0.1, 0.15) is 23.7 Å². The standard InChI is InChI=1S/C15H21NO5/c1-5-21-13(17)9-10-16(2)15(18)14-11(19-3)7-6-8-12(14)20-4/h6-8H,5,9-10H2,1-4H3. The average Bonchev–Trinajstić information content (AvgIpc) is 2.51. The van der Waals surface area contributed by atoms with Crippen LogP contribution in [-0.4, -0.2) is 51.2 Å². The lowest BCUT2D eigenvalue weighted by Gasteiger charge is -2.19. The minimum Gasteiger partial charge on any atom is -0.496 e. The molecule has 1 aromatic carbocycles. The second-order valence-electron chi connectivity index (χ2n) is 4.32. The highest BCUT2D eigenvalue weighted by Gasteiger charge is 2.22. The fourth-order valence-corrected chi connectivity index (χ4v) is 1.85. The molecule has 0 saturated carbocycles. The largest absolute Gasteiger partial charge is 0.496 e. The van der Waals surface area contributed by atoms with Crippen LogP contribution in [-0.2, 0) is 9.53 Å². The molecule has 0 aliphatic rings. The Morgan fingerprint density at radius 3 is 2.19 bits per heavy atom. The fraction of sp³-hybridized carbons (Fsp3) is 0.467. The van der Waals surface area contributed by atoms with Crippen LogP contribution in [0.4, 0.5) is 0 Å². The summed E-state index contributed by atoms with van der Waals surface area (Å²) >= 11 is 0. The summed E-state index contributed by atoms with van der Waals surface area (Å²) in [7, 11) is 4.60. The molecule has 0 aliphatic heterocycles. The van der Waals surface area contributed by atoms with Crippen molar-refractivity contribution in [3.8, 4) is 11.5 Å². The van der Waals surface area contributed by atoms with Crippen molar-refractivity contribution in [3.63, 3.8) is 0 Å². The first-order chi connectivity index (χ1) is 10.0. The minimum absolute atomic E-state index is 0.146. The summed E-state index contributed by atoms with van der Waals surface area (Å²) in [5, 5.41) is 0. The number of hydrogen-bond donors (Lipinski definition) is 0. The van der Waals surface area contributed by atoms with Gasteiger partial charge in [-0.15, -0.1) is 0 Å². The monoisotopic (exact) mass is 295 g/mol. The molecule has 0 N–H and O–H groups in total. The molecule has 0 spiro atoms. The Morgan fingerprint density at radius 1 is 1.14 bits per heavy atom. The van der Waals surface area contributed by atoms with Crippen LogP contribution in [0.15, 0.2) is 18.2 Å². The van der Waals surface area contributed by atoms with Gasteiger partial charge in [0.1, 0.15) is 17.1 Å². The summed E-state index contributed by atoms with van der Waals surface area (Å²) in [6, 6.07) is 5.12. The SMILES string of the molecule is CCOC(=O)CCN(C)C(=O)c1c(OC)cccc1OC. The van der Waals surface area contributed by atoms with E-state index in [1.807, 2.05) is 0 Å².